The molecule has 0 saturated carbocycles. The molecule has 4 N–H and O–H groups in total. The normalized spacial score (nSPS) is 23.3. The van der Waals surface area contributed by atoms with Gasteiger partial charge in [-0.15, -0.1) is 0 Å². The number of ether oxygens (including phenoxy) is 4. The number of nitrogens with zero attached hydrogens (tertiary/aromatic N) is 3. The Morgan fingerprint density at radius 1 is 1.32 bits per heavy atom. The number of aromatic amines is 1. The van der Waals surface area contributed by atoms with Gasteiger partial charge in [0.1, 0.15) is 30.2 Å². The summed E-state index contributed by atoms with van der Waals surface area (Å²) < 4.78 is 24.2. The average Bonchev–Trinajstić information content (AvgIpc) is 3.37. The maximum Gasteiger partial charge on any atom is 0.344 e. The van der Waals surface area contributed by atoms with E-state index in [2.05, 4.69) is 15.0 Å². The number of para-hydroxylation sites is 1. The number of esters is 1. The molecule has 1 unspecified atom stereocenters. The maximum absolute atomic E-state index is 12.5. The number of imidazole rings is 1. The van der Waals surface area contributed by atoms with Crippen LogP contribution >= 0.6 is 0 Å². The lowest BCUT2D eigenvalue weighted by Gasteiger charge is -2.28. The third kappa shape index (κ3) is 4.60. The van der Waals surface area contributed by atoms with Gasteiger partial charge in [-0.25, -0.2) is 9.78 Å². The van der Waals surface area contributed by atoms with Crippen LogP contribution in [0.3, 0.4) is 0 Å². The molecule has 182 valence electrons. The van der Waals surface area contributed by atoms with Gasteiger partial charge in [0, 0.05) is 7.11 Å². The first-order chi connectivity index (χ1) is 16.3. The molecule has 0 amide bonds. The maximum atomic E-state index is 12.5. The molecule has 1 fully saturated rings. The lowest BCUT2D eigenvalue weighted by atomic mass is 9.96. The van der Waals surface area contributed by atoms with Crippen molar-refractivity contribution in [3.05, 3.63) is 47.0 Å². The van der Waals surface area contributed by atoms with E-state index in [1.165, 1.54) is 18.0 Å². The highest BCUT2D eigenvalue weighted by Crippen LogP contribution is 2.36. The Labute approximate surface area is 194 Å². The standard InChI is InChI=1S/C22H27N5O7/c1-11(2)16(33-13(28)9-32-12-7-5-4-6-8-12)17-15(29)18(31-3)21(34-17)27-10-24-14-19(27)25-22(23)26-20(14)30/h4-8,10-11,15-18,21,29H,9H2,1-3H3,(H3,23,25,26,30)/t15-,16?,17+,18-,21-/m1/s1. The highest BCUT2D eigenvalue weighted by molar-refractivity contribution is 5.71. The molecule has 12 heteroatoms. The number of H-pyrrole nitrogens is 1. The first-order valence-electron chi connectivity index (χ1n) is 10.8. The summed E-state index contributed by atoms with van der Waals surface area (Å²) in [5.41, 5.74) is 5.43. The van der Waals surface area contributed by atoms with Crippen LogP contribution in [-0.2, 0) is 19.0 Å². The van der Waals surface area contributed by atoms with E-state index in [0.717, 1.165) is 0 Å². The van der Waals surface area contributed by atoms with Crippen LogP contribution in [0.25, 0.3) is 11.2 Å². The molecule has 1 saturated heterocycles. The van der Waals surface area contributed by atoms with E-state index < -0.39 is 42.2 Å². The Morgan fingerprint density at radius 2 is 2.06 bits per heavy atom. The average molecular weight is 473 g/mol. The minimum Gasteiger partial charge on any atom is -0.482 e. The lowest BCUT2D eigenvalue weighted by molar-refractivity contribution is -0.169. The van der Waals surface area contributed by atoms with Crippen molar-refractivity contribution in [1.82, 2.24) is 19.5 Å². The SMILES string of the molecule is CO[C@@H]1[C@H](O)[C@@H](C(OC(=O)COc2ccccc2)C(C)C)O[C@H]1n1cnc2c(=O)[nH]c(N)nc21. The van der Waals surface area contributed by atoms with Crippen molar-refractivity contribution in [2.75, 3.05) is 19.5 Å². The van der Waals surface area contributed by atoms with E-state index in [-0.39, 0.29) is 29.6 Å². The minimum atomic E-state index is -1.15. The molecule has 3 heterocycles. The largest absolute Gasteiger partial charge is 0.482 e. The van der Waals surface area contributed by atoms with Gasteiger partial charge >= 0.3 is 5.97 Å². The van der Waals surface area contributed by atoms with Gasteiger partial charge in [0.25, 0.3) is 5.56 Å². The summed E-state index contributed by atoms with van der Waals surface area (Å²) in [5, 5.41) is 11.0. The van der Waals surface area contributed by atoms with Crippen molar-refractivity contribution < 1.29 is 28.8 Å². The second-order valence-electron chi connectivity index (χ2n) is 8.26. The summed E-state index contributed by atoms with van der Waals surface area (Å²) in [5.74, 6) is -0.362. The summed E-state index contributed by atoms with van der Waals surface area (Å²) in [6, 6.07) is 8.88. The van der Waals surface area contributed by atoms with Gasteiger partial charge in [-0.05, 0) is 18.1 Å². The molecule has 4 rings (SSSR count). The van der Waals surface area contributed by atoms with Crippen LogP contribution in [0.1, 0.15) is 20.1 Å². The Bertz CT molecular complexity index is 1200. The van der Waals surface area contributed by atoms with E-state index in [4.69, 9.17) is 24.7 Å². The zero-order valence-corrected chi connectivity index (χ0v) is 19.0. The highest BCUT2D eigenvalue weighted by Gasteiger charge is 2.50. The number of carbonyl (C=O) groups excluding carboxylic acids is 1. The van der Waals surface area contributed by atoms with Gasteiger partial charge in [-0.3, -0.25) is 14.3 Å². The van der Waals surface area contributed by atoms with Gasteiger partial charge in [0.2, 0.25) is 5.95 Å². The number of nitrogens with one attached hydrogen (secondary N) is 1. The monoisotopic (exact) mass is 473 g/mol. The van der Waals surface area contributed by atoms with Crippen molar-refractivity contribution in [2.24, 2.45) is 5.92 Å². The number of methoxy groups -OCH3 is 1. The number of anilines is 1. The van der Waals surface area contributed by atoms with Gasteiger partial charge in [0.05, 0.1) is 6.33 Å². The molecule has 0 aliphatic carbocycles. The molecule has 0 radical (unpaired) electrons. The van der Waals surface area contributed by atoms with Crippen LogP contribution in [0, 0.1) is 5.92 Å². The van der Waals surface area contributed by atoms with Crippen molar-refractivity contribution in [3.8, 4) is 5.75 Å². The number of hydrogen-bond donors (Lipinski definition) is 3. The van der Waals surface area contributed by atoms with E-state index in [1.807, 2.05) is 19.9 Å². The lowest BCUT2D eigenvalue weighted by Crippen LogP contribution is -2.44. The van der Waals surface area contributed by atoms with Crippen molar-refractivity contribution >= 4 is 23.1 Å². The molecule has 34 heavy (non-hydrogen) atoms. The fourth-order valence-corrected chi connectivity index (χ4v) is 3.98. The van der Waals surface area contributed by atoms with Crippen LogP contribution in [0.2, 0.25) is 0 Å². The number of carbonyl (C=O) groups is 1. The molecule has 0 bridgehead atoms. The molecule has 0 spiro atoms. The molecule has 3 aromatic rings. The van der Waals surface area contributed by atoms with Crippen LogP contribution in [-0.4, -0.2) is 68.7 Å². The molecule has 1 aliphatic heterocycles. The molecule has 12 nitrogen and oxygen atoms in total. The van der Waals surface area contributed by atoms with Crippen LogP contribution in [0.15, 0.2) is 41.5 Å². The molecular weight excluding hydrogens is 446 g/mol. The number of hydrogen-bond acceptors (Lipinski definition) is 10. The zero-order chi connectivity index (χ0) is 24.4. The quantitative estimate of drug-likeness (QED) is 0.395. The molecule has 1 aromatic carbocycles. The van der Waals surface area contributed by atoms with Crippen molar-refractivity contribution in [1.29, 1.82) is 0 Å². The topological polar surface area (TPSA) is 164 Å². The summed E-state index contributed by atoms with van der Waals surface area (Å²) in [7, 11) is 1.42. The number of fused-ring (bicyclic) bond motifs is 1. The summed E-state index contributed by atoms with van der Waals surface area (Å²) in [6.07, 6.45) is -3.27. The minimum absolute atomic E-state index is 0.0653. The zero-order valence-electron chi connectivity index (χ0n) is 19.0. The third-order valence-corrected chi connectivity index (χ3v) is 5.60. The summed E-state index contributed by atoms with van der Waals surface area (Å²) >= 11 is 0. The first-order valence-corrected chi connectivity index (χ1v) is 10.8. The predicted molar refractivity (Wildman–Crippen MR) is 120 cm³/mol. The van der Waals surface area contributed by atoms with Crippen LogP contribution < -0.4 is 16.0 Å². The number of aliphatic hydroxyl groups is 1. The number of rotatable bonds is 8. The van der Waals surface area contributed by atoms with Gasteiger partial charge in [-0.1, -0.05) is 32.0 Å². The number of nitrogens with two attached hydrogens (primary N) is 1. The Morgan fingerprint density at radius 3 is 2.74 bits per heavy atom. The molecule has 2 aromatic heterocycles. The summed E-state index contributed by atoms with van der Waals surface area (Å²) in [6.45, 7) is 3.39. The number of nitrogen functional groups attached to an aromatic ring is 1. The third-order valence-electron chi connectivity index (χ3n) is 5.60. The van der Waals surface area contributed by atoms with Gasteiger partial charge < -0.3 is 29.8 Å². The van der Waals surface area contributed by atoms with Crippen LogP contribution in [0.5, 0.6) is 5.75 Å². The van der Waals surface area contributed by atoms with E-state index >= 15 is 0 Å². The number of benzene rings is 1. The smallest absolute Gasteiger partial charge is 0.344 e. The van der Waals surface area contributed by atoms with Crippen molar-refractivity contribution in [2.45, 2.75) is 44.5 Å². The molecular formula is C22H27N5O7. The van der Waals surface area contributed by atoms with Gasteiger partial charge in [0.15, 0.2) is 24.0 Å². The Kier molecular flexibility index (Phi) is 6.82. The fraction of sp³-hybridized carbons (Fsp3) is 0.455. The van der Waals surface area contributed by atoms with E-state index in [0.29, 0.717) is 5.75 Å². The second-order valence-corrected chi connectivity index (χ2v) is 8.26. The van der Waals surface area contributed by atoms with Crippen molar-refractivity contribution in [3.63, 3.8) is 0 Å². The van der Waals surface area contributed by atoms with E-state index in [9.17, 15) is 14.7 Å². The fourth-order valence-electron chi connectivity index (χ4n) is 3.98. The predicted octanol–water partition coefficient (Wildman–Crippen LogP) is 0.622. The molecule has 5 atom stereocenters. The van der Waals surface area contributed by atoms with Crippen LogP contribution in [0.4, 0.5) is 5.95 Å². The number of aromatic nitrogens is 4. The Balaban J connectivity index is 1.54. The molecule has 1 aliphatic rings. The first kappa shape index (κ1) is 23.7. The highest BCUT2D eigenvalue weighted by atomic mass is 16.6. The summed E-state index contributed by atoms with van der Waals surface area (Å²) in [4.78, 5) is 35.3. The number of aliphatic hydroxyl groups excluding tert-OH is 1. The van der Waals surface area contributed by atoms with Gasteiger partial charge in [-0.2, -0.15) is 4.98 Å². The second kappa shape index (κ2) is 9.79. The Hall–Kier alpha value is -3.48. The van der Waals surface area contributed by atoms with E-state index in [1.54, 1.807) is 24.3 Å².